The molecule has 22 heavy (non-hydrogen) atoms. The third-order valence-corrected chi connectivity index (χ3v) is 6.22. The maximum Gasteiger partial charge on any atom is 0.242 e. The average molecular weight is 326 g/mol. The first kappa shape index (κ1) is 17.2. The van der Waals surface area contributed by atoms with E-state index in [-0.39, 0.29) is 11.4 Å². The molecule has 0 heterocycles. The van der Waals surface area contributed by atoms with Gasteiger partial charge in [-0.05, 0) is 37.5 Å². The van der Waals surface area contributed by atoms with Crippen LogP contribution in [-0.2, 0) is 10.0 Å². The van der Waals surface area contributed by atoms with Gasteiger partial charge in [-0.3, -0.25) is 0 Å². The Morgan fingerprint density at radius 1 is 1.18 bits per heavy atom. The Hall–Kier alpha value is -1.11. The van der Waals surface area contributed by atoms with Gasteiger partial charge in [-0.1, -0.05) is 18.9 Å². The zero-order chi connectivity index (χ0) is 16.5. The lowest BCUT2D eigenvalue weighted by molar-refractivity contribution is 0.0333. The maximum absolute atomic E-state index is 12.7. The van der Waals surface area contributed by atoms with E-state index < -0.39 is 15.6 Å². The SMILES string of the molecule is Cc1ccc(S(=O)(=O)N(C)CC2(O)CCCC2)cc1N(C)C. The summed E-state index contributed by atoms with van der Waals surface area (Å²) in [5.74, 6) is 0. The lowest BCUT2D eigenvalue weighted by Crippen LogP contribution is -2.42. The fourth-order valence-corrected chi connectivity index (χ4v) is 4.37. The molecule has 1 fully saturated rings. The summed E-state index contributed by atoms with van der Waals surface area (Å²) in [4.78, 5) is 2.17. The standard InChI is InChI=1S/C16H26N2O3S/c1-13-7-8-14(11-15(13)17(2)3)22(20,21)18(4)12-16(19)9-5-6-10-16/h7-8,11,19H,5-6,9-10,12H2,1-4H3. The highest BCUT2D eigenvalue weighted by molar-refractivity contribution is 7.89. The molecule has 124 valence electrons. The molecule has 5 nitrogen and oxygen atoms in total. The first-order valence-electron chi connectivity index (χ1n) is 7.62. The van der Waals surface area contributed by atoms with E-state index in [0.717, 1.165) is 24.1 Å². The predicted molar refractivity (Wildman–Crippen MR) is 88.7 cm³/mol. The summed E-state index contributed by atoms with van der Waals surface area (Å²) < 4.78 is 26.8. The maximum atomic E-state index is 12.7. The minimum Gasteiger partial charge on any atom is -0.389 e. The first-order valence-corrected chi connectivity index (χ1v) is 9.06. The molecule has 0 atom stereocenters. The molecule has 0 bridgehead atoms. The van der Waals surface area contributed by atoms with Gasteiger partial charge in [0.25, 0.3) is 0 Å². The molecule has 0 radical (unpaired) electrons. The van der Waals surface area contributed by atoms with Gasteiger partial charge < -0.3 is 10.0 Å². The Labute approximate surface area is 133 Å². The minimum atomic E-state index is -3.59. The van der Waals surface area contributed by atoms with Crippen molar-refractivity contribution in [3.8, 4) is 0 Å². The van der Waals surface area contributed by atoms with E-state index in [0.29, 0.717) is 12.8 Å². The fraction of sp³-hybridized carbons (Fsp3) is 0.625. The lowest BCUT2D eigenvalue weighted by Gasteiger charge is -2.28. The van der Waals surface area contributed by atoms with Crippen LogP contribution in [0.15, 0.2) is 23.1 Å². The zero-order valence-electron chi connectivity index (χ0n) is 13.8. The summed E-state index contributed by atoms with van der Waals surface area (Å²) in [6.07, 6.45) is 3.26. The van der Waals surface area contributed by atoms with Crippen molar-refractivity contribution in [2.45, 2.75) is 43.1 Å². The number of benzene rings is 1. The van der Waals surface area contributed by atoms with E-state index in [1.165, 1.54) is 4.31 Å². The molecule has 0 aromatic heterocycles. The van der Waals surface area contributed by atoms with Crippen molar-refractivity contribution in [2.75, 3.05) is 32.6 Å². The smallest absolute Gasteiger partial charge is 0.242 e. The van der Waals surface area contributed by atoms with Crippen LogP contribution < -0.4 is 4.90 Å². The van der Waals surface area contributed by atoms with Crippen LogP contribution in [0.1, 0.15) is 31.2 Å². The van der Waals surface area contributed by atoms with E-state index in [2.05, 4.69) is 0 Å². The van der Waals surface area contributed by atoms with Gasteiger partial charge in [0.05, 0.1) is 10.5 Å². The van der Waals surface area contributed by atoms with Gasteiger partial charge in [-0.15, -0.1) is 0 Å². The van der Waals surface area contributed by atoms with E-state index in [1.54, 1.807) is 19.2 Å². The first-order chi connectivity index (χ1) is 10.2. The zero-order valence-corrected chi connectivity index (χ0v) is 14.7. The molecule has 1 aromatic carbocycles. The summed E-state index contributed by atoms with van der Waals surface area (Å²) in [7, 11) is 1.74. The number of likely N-dealkylation sites (N-methyl/N-ethyl adjacent to an activating group) is 1. The summed E-state index contributed by atoms with van der Waals surface area (Å²) in [5.41, 5.74) is 1.03. The number of aryl methyl sites for hydroxylation is 1. The number of nitrogens with zero attached hydrogens (tertiary/aromatic N) is 2. The van der Waals surface area contributed by atoms with Crippen LogP contribution in [0.3, 0.4) is 0 Å². The van der Waals surface area contributed by atoms with E-state index in [1.807, 2.05) is 32.0 Å². The molecule has 1 saturated carbocycles. The molecule has 1 aliphatic rings. The van der Waals surface area contributed by atoms with Gasteiger partial charge in [-0.2, -0.15) is 4.31 Å². The van der Waals surface area contributed by atoms with Gasteiger partial charge in [-0.25, -0.2) is 8.42 Å². The van der Waals surface area contributed by atoms with E-state index in [4.69, 9.17) is 0 Å². The van der Waals surface area contributed by atoms with Crippen molar-refractivity contribution in [3.05, 3.63) is 23.8 Å². The van der Waals surface area contributed by atoms with Crippen molar-refractivity contribution in [2.24, 2.45) is 0 Å². The Morgan fingerprint density at radius 2 is 1.77 bits per heavy atom. The third-order valence-electron chi connectivity index (χ3n) is 4.42. The van der Waals surface area contributed by atoms with Crippen LogP contribution in [0.2, 0.25) is 0 Å². The lowest BCUT2D eigenvalue weighted by atomic mass is 10.0. The summed E-state index contributed by atoms with van der Waals surface area (Å²) in [6.45, 7) is 2.11. The van der Waals surface area contributed by atoms with Gasteiger partial charge in [0.2, 0.25) is 10.0 Å². The molecular weight excluding hydrogens is 300 g/mol. The highest BCUT2D eigenvalue weighted by atomic mass is 32.2. The van der Waals surface area contributed by atoms with Crippen LogP contribution in [0, 0.1) is 6.92 Å². The second-order valence-electron chi connectivity index (χ2n) is 6.54. The molecule has 0 amide bonds. The Bertz CT molecular complexity index is 635. The summed E-state index contributed by atoms with van der Waals surface area (Å²) in [6, 6.07) is 5.15. The molecule has 1 aliphatic carbocycles. The van der Waals surface area contributed by atoms with Gasteiger partial charge in [0, 0.05) is 33.4 Å². The van der Waals surface area contributed by atoms with E-state index >= 15 is 0 Å². The molecule has 6 heteroatoms. The number of anilines is 1. The molecule has 1 aromatic rings. The number of sulfonamides is 1. The van der Waals surface area contributed by atoms with Crippen molar-refractivity contribution < 1.29 is 13.5 Å². The van der Waals surface area contributed by atoms with Crippen LogP contribution in [-0.4, -0.2) is 51.1 Å². The van der Waals surface area contributed by atoms with Gasteiger partial charge >= 0.3 is 0 Å². The quantitative estimate of drug-likeness (QED) is 0.899. The highest BCUT2D eigenvalue weighted by Crippen LogP contribution is 2.32. The third kappa shape index (κ3) is 3.45. The molecule has 2 rings (SSSR count). The van der Waals surface area contributed by atoms with Crippen molar-refractivity contribution in [1.29, 1.82) is 0 Å². The Kier molecular flexibility index (Phi) is 4.84. The Balaban J connectivity index is 2.28. The van der Waals surface area contributed by atoms with Gasteiger partial charge in [0.1, 0.15) is 0 Å². The molecule has 0 unspecified atom stereocenters. The molecule has 0 aliphatic heterocycles. The number of rotatable bonds is 5. The fourth-order valence-electron chi connectivity index (χ4n) is 3.10. The van der Waals surface area contributed by atoms with Crippen molar-refractivity contribution >= 4 is 15.7 Å². The largest absolute Gasteiger partial charge is 0.389 e. The van der Waals surface area contributed by atoms with Crippen molar-refractivity contribution in [1.82, 2.24) is 4.31 Å². The molecule has 0 spiro atoms. The monoisotopic (exact) mass is 326 g/mol. The van der Waals surface area contributed by atoms with Gasteiger partial charge in [0.15, 0.2) is 0 Å². The molecular formula is C16H26N2O3S. The molecule has 1 N–H and O–H groups in total. The number of hydrogen-bond acceptors (Lipinski definition) is 4. The van der Waals surface area contributed by atoms with Crippen LogP contribution in [0.5, 0.6) is 0 Å². The molecule has 0 saturated heterocycles. The second kappa shape index (κ2) is 6.18. The minimum absolute atomic E-state index is 0.153. The van der Waals surface area contributed by atoms with Crippen LogP contribution in [0.25, 0.3) is 0 Å². The average Bonchev–Trinajstić information content (AvgIpc) is 2.85. The summed E-state index contributed by atoms with van der Waals surface area (Å²) >= 11 is 0. The number of aliphatic hydroxyl groups is 1. The normalized spacial score (nSPS) is 17.9. The van der Waals surface area contributed by atoms with Crippen LogP contribution >= 0.6 is 0 Å². The predicted octanol–water partition coefficient (Wildman–Crippen LogP) is 1.99. The number of hydrogen-bond donors (Lipinski definition) is 1. The topological polar surface area (TPSA) is 60.9 Å². The van der Waals surface area contributed by atoms with Crippen LogP contribution in [0.4, 0.5) is 5.69 Å². The Morgan fingerprint density at radius 3 is 2.32 bits per heavy atom. The summed E-state index contributed by atoms with van der Waals surface area (Å²) in [5, 5.41) is 10.4. The van der Waals surface area contributed by atoms with E-state index in [9.17, 15) is 13.5 Å². The highest BCUT2D eigenvalue weighted by Gasteiger charge is 2.35. The second-order valence-corrected chi connectivity index (χ2v) is 8.58. The van der Waals surface area contributed by atoms with Crippen molar-refractivity contribution in [3.63, 3.8) is 0 Å².